The zero-order chi connectivity index (χ0) is 15.4. The van der Waals surface area contributed by atoms with Gasteiger partial charge < -0.3 is 10.1 Å². The summed E-state index contributed by atoms with van der Waals surface area (Å²) in [5.41, 5.74) is 0.526. The van der Waals surface area contributed by atoms with Crippen LogP contribution in [0.25, 0.3) is 0 Å². The molecule has 1 rings (SSSR count). The summed E-state index contributed by atoms with van der Waals surface area (Å²) in [4.78, 5) is 0. The summed E-state index contributed by atoms with van der Waals surface area (Å²) in [7, 11) is -3.14. The van der Waals surface area contributed by atoms with Gasteiger partial charge in [-0.05, 0) is 38.1 Å². The van der Waals surface area contributed by atoms with Crippen molar-refractivity contribution >= 4 is 15.5 Å². The number of sulfone groups is 1. The molecule has 1 aromatic rings. The number of hydrogen-bond acceptors (Lipinski definition) is 4. The van der Waals surface area contributed by atoms with E-state index in [-0.39, 0.29) is 18.0 Å². The highest BCUT2D eigenvalue weighted by molar-refractivity contribution is 7.92. The number of ether oxygens (including phenoxy) is 1. The molecule has 20 heavy (non-hydrogen) atoms. The Hall–Kier alpha value is -1.44. The van der Waals surface area contributed by atoms with Crippen LogP contribution in [0.15, 0.2) is 24.3 Å². The van der Waals surface area contributed by atoms with Gasteiger partial charge in [0.1, 0.15) is 5.75 Å². The first-order valence-electron chi connectivity index (χ1n) is 5.91. The Morgan fingerprint density at radius 1 is 1.20 bits per heavy atom. The van der Waals surface area contributed by atoms with Gasteiger partial charge in [-0.3, -0.25) is 0 Å². The highest BCUT2D eigenvalue weighted by Gasteiger charge is 2.30. The minimum atomic E-state index is -4.72. The lowest BCUT2D eigenvalue weighted by atomic mass is 10.3. The van der Waals surface area contributed by atoms with E-state index in [1.165, 1.54) is 12.1 Å². The maximum Gasteiger partial charge on any atom is 0.573 e. The van der Waals surface area contributed by atoms with Crippen LogP contribution in [-0.4, -0.2) is 32.3 Å². The number of nitrogens with one attached hydrogen (secondary N) is 1. The van der Waals surface area contributed by atoms with Gasteiger partial charge in [0.2, 0.25) is 0 Å². The molecule has 0 aliphatic rings. The largest absolute Gasteiger partial charge is 0.573 e. The summed E-state index contributed by atoms with van der Waals surface area (Å²) in [6.45, 7) is 3.39. The maximum absolute atomic E-state index is 11.9. The van der Waals surface area contributed by atoms with E-state index in [0.29, 0.717) is 5.69 Å². The molecule has 0 aliphatic carbocycles. The predicted octanol–water partition coefficient (Wildman–Crippen LogP) is 2.82. The van der Waals surface area contributed by atoms with Crippen molar-refractivity contribution in [3.63, 3.8) is 0 Å². The fourth-order valence-electron chi connectivity index (χ4n) is 1.35. The lowest BCUT2D eigenvalue weighted by Gasteiger charge is -2.11. The fourth-order valence-corrected chi connectivity index (χ4v) is 2.21. The van der Waals surface area contributed by atoms with Gasteiger partial charge in [0, 0.05) is 12.2 Å². The topological polar surface area (TPSA) is 55.4 Å². The van der Waals surface area contributed by atoms with Crippen LogP contribution < -0.4 is 10.1 Å². The van der Waals surface area contributed by atoms with E-state index in [1.54, 1.807) is 13.8 Å². The molecule has 0 heterocycles. The van der Waals surface area contributed by atoms with E-state index in [0.717, 1.165) is 12.1 Å². The lowest BCUT2D eigenvalue weighted by Crippen LogP contribution is -2.22. The Balaban J connectivity index is 2.51. The van der Waals surface area contributed by atoms with Crippen molar-refractivity contribution in [2.45, 2.75) is 25.5 Å². The Bertz CT molecular complexity index is 524. The molecule has 0 atom stereocenters. The van der Waals surface area contributed by atoms with Gasteiger partial charge in [-0.1, -0.05) is 0 Å². The van der Waals surface area contributed by atoms with Crippen LogP contribution in [0.3, 0.4) is 0 Å². The zero-order valence-electron chi connectivity index (χ0n) is 11.1. The molecule has 0 spiro atoms. The second kappa shape index (κ2) is 6.34. The van der Waals surface area contributed by atoms with Crippen LogP contribution in [0.1, 0.15) is 13.8 Å². The summed E-state index contributed by atoms with van der Waals surface area (Å²) in [6.07, 6.45) is -4.72. The van der Waals surface area contributed by atoms with Crippen molar-refractivity contribution in [3.05, 3.63) is 24.3 Å². The van der Waals surface area contributed by atoms with Crippen molar-refractivity contribution in [3.8, 4) is 5.75 Å². The molecule has 4 nitrogen and oxygen atoms in total. The average Bonchev–Trinajstić information content (AvgIpc) is 2.29. The maximum atomic E-state index is 11.9. The van der Waals surface area contributed by atoms with Gasteiger partial charge in [-0.2, -0.15) is 0 Å². The van der Waals surface area contributed by atoms with Crippen molar-refractivity contribution in [1.29, 1.82) is 0 Å². The molecule has 0 aromatic heterocycles. The third kappa shape index (κ3) is 5.68. The standard InChI is InChI=1S/C12H16F3NO3S/c1-9(2)20(17,18)8-7-16-10-3-5-11(6-4-10)19-12(13,14)15/h3-6,9,16H,7-8H2,1-2H3. The molecule has 8 heteroatoms. The summed E-state index contributed by atoms with van der Waals surface area (Å²) in [5, 5.41) is 2.38. The van der Waals surface area contributed by atoms with Crippen LogP contribution in [-0.2, 0) is 9.84 Å². The van der Waals surface area contributed by atoms with E-state index >= 15 is 0 Å². The van der Waals surface area contributed by atoms with Gasteiger partial charge in [-0.25, -0.2) is 8.42 Å². The Morgan fingerprint density at radius 2 is 1.75 bits per heavy atom. The minimum Gasteiger partial charge on any atom is -0.406 e. The summed E-state index contributed by atoms with van der Waals surface area (Å²) < 4.78 is 62.7. The van der Waals surface area contributed by atoms with Gasteiger partial charge in [0.15, 0.2) is 9.84 Å². The molecule has 0 radical (unpaired) electrons. The normalized spacial score (nSPS) is 12.5. The molecule has 0 bridgehead atoms. The van der Waals surface area contributed by atoms with Gasteiger partial charge in [0.05, 0.1) is 11.0 Å². The van der Waals surface area contributed by atoms with E-state index in [4.69, 9.17) is 0 Å². The monoisotopic (exact) mass is 311 g/mol. The molecule has 1 N–H and O–H groups in total. The van der Waals surface area contributed by atoms with Crippen LogP contribution in [0.4, 0.5) is 18.9 Å². The number of halogens is 3. The van der Waals surface area contributed by atoms with Crippen molar-refractivity contribution in [2.24, 2.45) is 0 Å². The van der Waals surface area contributed by atoms with Crippen LogP contribution in [0.2, 0.25) is 0 Å². The highest BCUT2D eigenvalue weighted by Crippen LogP contribution is 2.23. The number of benzene rings is 1. The molecule has 0 amide bonds. The van der Waals surface area contributed by atoms with Crippen LogP contribution in [0.5, 0.6) is 5.75 Å². The first-order chi connectivity index (χ1) is 9.10. The van der Waals surface area contributed by atoms with E-state index in [9.17, 15) is 21.6 Å². The SMILES string of the molecule is CC(C)S(=O)(=O)CCNc1ccc(OC(F)(F)F)cc1. The van der Waals surface area contributed by atoms with E-state index < -0.39 is 21.4 Å². The molecule has 114 valence electrons. The zero-order valence-corrected chi connectivity index (χ0v) is 11.9. The number of alkyl halides is 3. The molecule has 0 unspecified atom stereocenters. The smallest absolute Gasteiger partial charge is 0.406 e. The number of anilines is 1. The lowest BCUT2D eigenvalue weighted by molar-refractivity contribution is -0.274. The number of rotatable bonds is 6. The third-order valence-corrected chi connectivity index (χ3v) is 4.73. The first kappa shape index (κ1) is 16.6. The second-order valence-electron chi connectivity index (χ2n) is 4.41. The van der Waals surface area contributed by atoms with Crippen LogP contribution >= 0.6 is 0 Å². The van der Waals surface area contributed by atoms with E-state index in [2.05, 4.69) is 10.1 Å². The highest BCUT2D eigenvalue weighted by atomic mass is 32.2. The molecule has 1 aromatic carbocycles. The third-order valence-electron chi connectivity index (χ3n) is 2.52. The summed E-state index contributed by atoms with van der Waals surface area (Å²) in [6, 6.07) is 5.10. The summed E-state index contributed by atoms with van der Waals surface area (Å²) >= 11 is 0. The minimum absolute atomic E-state index is 0.0362. The van der Waals surface area contributed by atoms with Gasteiger partial charge in [0.25, 0.3) is 0 Å². The van der Waals surface area contributed by atoms with Crippen molar-refractivity contribution in [1.82, 2.24) is 0 Å². The first-order valence-corrected chi connectivity index (χ1v) is 7.63. The molecule has 0 saturated heterocycles. The molecule has 0 saturated carbocycles. The van der Waals surface area contributed by atoms with Crippen molar-refractivity contribution < 1.29 is 26.3 Å². The van der Waals surface area contributed by atoms with E-state index in [1.807, 2.05) is 0 Å². The predicted molar refractivity (Wildman–Crippen MR) is 70.5 cm³/mol. The fraction of sp³-hybridized carbons (Fsp3) is 0.500. The molecular formula is C12H16F3NO3S. The Morgan fingerprint density at radius 3 is 2.20 bits per heavy atom. The quantitative estimate of drug-likeness (QED) is 0.878. The Kier molecular flexibility index (Phi) is 5.27. The van der Waals surface area contributed by atoms with Crippen LogP contribution in [0, 0.1) is 0 Å². The molecule has 0 aliphatic heterocycles. The second-order valence-corrected chi connectivity index (χ2v) is 7.09. The van der Waals surface area contributed by atoms with Crippen molar-refractivity contribution in [2.75, 3.05) is 17.6 Å². The molecule has 0 fully saturated rings. The van der Waals surface area contributed by atoms with Gasteiger partial charge >= 0.3 is 6.36 Å². The van der Waals surface area contributed by atoms with Gasteiger partial charge in [-0.15, -0.1) is 13.2 Å². The summed E-state index contributed by atoms with van der Waals surface area (Å²) in [5.74, 6) is -0.358. The number of hydrogen-bond donors (Lipinski definition) is 1. The molecular weight excluding hydrogens is 295 g/mol. The average molecular weight is 311 g/mol. The Labute approximate surface area is 115 Å².